The van der Waals surface area contributed by atoms with E-state index in [0.717, 1.165) is 37.7 Å². The van der Waals surface area contributed by atoms with E-state index in [1.807, 2.05) is 6.92 Å². The molecule has 0 unspecified atom stereocenters. The minimum atomic E-state index is -0.310. The molecule has 2 rings (SSSR count). The van der Waals surface area contributed by atoms with Crippen LogP contribution in [-0.2, 0) is 22.4 Å². The number of aryl methyl sites for hydroxylation is 1. The fourth-order valence-electron chi connectivity index (χ4n) is 2.71. The minimum absolute atomic E-state index is 0.0117. The fraction of sp³-hybridized carbons (Fsp3) is 0.625. The Labute approximate surface area is 129 Å². The zero-order valence-electron chi connectivity index (χ0n) is 13.0. The molecule has 1 heterocycles. The van der Waals surface area contributed by atoms with Gasteiger partial charge in [0.25, 0.3) is 0 Å². The number of amides is 1. The average Bonchev–Trinajstić information content (AvgIpc) is 2.99. The Morgan fingerprint density at radius 1 is 1.33 bits per heavy atom. The molecule has 0 spiro atoms. The van der Waals surface area contributed by atoms with Crippen molar-refractivity contribution in [1.82, 2.24) is 0 Å². The largest absolute Gasteiger partial charge is 0.462 e. The molecule has 21 heavy (non-hydrogen) atoms. The second-order valence-electron chi connectivity index (χ2n) is 5.46. The van der Waals surface area contributed by atoms with E-state index in [9.17, 15) is 9.59 Å². The summed E-state index contributed by atoms with van der Waals surface area (Å²) in [4.78, 5) is 25.6. The lowest BCUT2D eigenvalue weighted by Crippen LogP contribution is -2.21. The number of ether oxygens (including phenoxy) is 1. The highest BCUT2D eigenvalue weighted by Gasteiger charge is 2.28. The zero-order valence-corrected chi connectivity index (χ0v) is 13.8. The van der Waals surface area contributed by atoms with Crippen LogP contribution < -0.4 is 5.32 Å². The van der Waals surface area contributed by atoms with Crippen molar-refractivity contribution in [1.29, 1.82) is 0 Å². The Kier molecular flexibility index (Phi) is 5.39. The molecule has 0 aromatic carbocycles. The summed E-state index contributed by atoms with van der Waals surface area (Å²) >= 11 is 1.53. The summed E-state index contributed by atoms with van der Waals surface area (Å²) in [6.45, 7) is 6.13. The molecule has 5 heteroatoms. The Bertz CT molecular complexity index is 536. The molecule has 0 saturated carbocycles. The van der Waals surface area contributed by atoms with Crippen LogP contribution in [0.3, 0.4) is 0 Å². The lowest BCUT2D eigenvalue weighted by atomic mass is 10.1. The van der Waals surface area contributed by atoms with Crippen molar-refractivity contribution in [3.63, 3.8) is 0 Å². The van der Waals surface area contributed by atoms with E-state index in [1.54, 1.807) is 6.92 Å². The van der Waals surface area contributed by atoms with Crippen LogP contribution in [0.5, 0.6) is 0 Å². The van der Waals surface area contributed by atoms with Crippen LogP contribution in [0, 0.1) is 5.92 Å². The average molecular weight is 309 g/mol. The number of fused-ring (bicyclic) bond motifs is 1. The Balaban J connectivity index is 2.23. The number of thiophene rings is 1. The molecule has 1 amide bonds. The predicted molar refractivity (Wildman–Crippen MR) is 85.0 cm³/mol. The van der Waals surface area contributed by atoms with Gasteiger partial charge in [0.1, 0.15) is 5.00 Å². The quantitative estimate of drug-likeness (QED) is 0.813. The molecule has 1 aromatic rings. The van der Waals surface area contributed by atoms with E-state index in [-0.39, 0.29) is 17.8 Å². The van der Waals surface area contributed by atoms with Gasteiger partial charge in [-0.25, -0.2) is 4.79 Å². The van der Waals surface area contributed by atoms with Crippen LogP contribution in [0.1, 0.15) is 60.8 Å². The molecular formula is C16H23NO3S. The summed E-state index contributed by atoms with van der Waals surface area (Å²) in [5.41, 5.74) is 1.67. The molecule has 1 N–H and O–H groups in total. The first-order valence-electron chi connectivity index (χ1n) is 7.70. The topological polar surface area (TPSA) is 55.4 Å². The van der Waals surface area contributed by atoms with E-state index in [4.69, 9.17) is 4.74 Å². The van der Waals surface area contributed by atoms with Gasteiger partial charge in [-0.1, -0.05) is 20.3 Å². The lowest BCUT2D eigenvalue weighted by molar-refractivity contribution is -0.119. The second kappa shape index (κ2) is 7.07. The van der Waals surface area contributed by atoms with Gasteiger partial charge in [-0.2, -0.15) is 0 Å². The summed E-state index contributed by atoms with van der Waals surface area (Å²) < 4.78 is 5.16. The molecule has 1 aliphatic carbocycles. The molecule has 116 valence electrons. The molecule has 1 aromatic heterocycles. The van der Waals surface area contributed by atoms with E-state index < -0.39 is 0 Å². The van der Waals surface area contributed by atoms with Gasteiger partial charge in [-0.15, -0.1) is 11.3 Å². The Hall–Kier alpha value is -1.36. The molecule has 4 nitrogen and oxygen atoms in total. The molecule has 0 bridgehead atoms. The van der Waals surface area contributed by atoms with Gasteiger partial charge in [-0.05, 0) is 38.2 Å². The highest BCUT2D eigenvalue weighted by molar-refractivity contribution is 7.17. The number of anilines is 1. The fourth-order valence-corrected chi connectivity index (χ4v) is 3.99. The standard InChI is InChI=1S/C16H23NO3S/c1-4-7-10(3)14(18)17-15-13(16(19)20-5-2)11-8-6-9-12(11)21-15/h10H,4-9H2,1-3H3,(H,17,18)/t10-/m0/s1. The molecule has 1 aliphatic rings. The summed E-state index contributed by atoms with van der Waals surface area (Å²) in [6, 6.07) is 0. The third kappa shape index (κ3) is 3.46. The number of carbonyl (C=O) groups excluding carboxylic acids is 2. The van der Waals surface area contributed by atoms with Crippen molar-refractivity contribution in [3.8, 4) is 0 Å². The molecular weight excluding hydrogens is 286 g/mol. The summed E-state index contributed by atoms with van der Waals surface area (Å²) in [5, 5.41) is 3.61. The van der Waals surface area contributed by atoms with Crippen molar-refractivity contribution in [2.45, 2.75) is 52.9 Å². The van der Waals surface area contributed by atoms with Gasteiger partial charge in [0, 0.05) is 10.8 Å². The molecule has 0 radical (unpaired) electrons. The first-order chi connectivity index (χ1) is 10.1. The minimum Gasteiger partial charge on any atom is -0.462 e. The van der Waals surface area contributed by atoms with Gasteiger partial charge in [-0.3, -0.25) is 4.79 Å². The number of hydrogen-bond donors (Lipinski definition) is 1. The third-order valence-corrected chi connectivity index (χ3v) is 5.01. The predicted octanol–water partition coefficient (Wildman–Crippen LogP) is 3.79. The van der Waals surface area contributed by atoms with Crippen LogP contribution in [-0.4, -0.2) is 18.5 Å². The maximum Gasteiger partial charge on any atom is 0.341 e. The molecule has 0 aliphatic heterocycles. The van der Waals surface area contributed by atoms with Gasteiger partial charge in [0.05, 0.1) is 12.2 Å². The van der Waals surface area contributed by atoms with Crippen molar-refractivity contribution in [3.05, 3.63) is 16.0 Å². The van der Waals surface area contributed by atoms with Crippen LogP contribution in [0.15, 0.2) is 0 Å². The molecule has 0 fully saturated rings. The van der Waals surface area contributed by atoms with Crippen LogP contribution in [0.4, 0.5) is 5.00 Å². The smallest absolute Gasteiger partial charge is 0.341 e. The number of hydrogen-bond acceptors (Lipinski definition) is 4. The van der Waals surface area contributed by atoms with Crippen LogP contribution in [0.25, 0.3) is 0 Å². The normalized spacial score (nSPS) is 14.6. The monoisotopic (exact) mass is 309 g/mol. The van der Waals surface area contributed by atoms with E-state index in [2.05, 4.69) is 12.2 Å². The summed E-state index contributed by atoms with van der Waals surface area (Å²) in [5.74, 6) is -0.361. The SMILES string of the molecule is CCC[C@H](C)C(=O)Nc1sc2c(c1C(=O)OCC)CCC2. The van der Waals surface area contributed by atoms with Gasteiger partial charge >= 0.3 is 5.97 Å². The number of esters is 1. The van der Waals surface area contributed by atoms with Crippen LogP contribution in [0.2, 0.25) is 0 Å². The Morgan fingerprint density at radius 2 is 2.10 bits per heavy atom. The van der Waals surface area contributed by atoms with Crippen molar-refractivity contribution in [2.75, 3.05) is 11.9 Å². The van der Waals surface area contributed by atoms with Crippen molar-refractivity contribution in [2.24, 2.45) is 5.92 Å². The summed E-state index contributed by atoms with van der Waals surface area (Å²) in [6.07, 6.45) is 4.80. The van der Waals surface area contributed by atoms with E-state index >= 15 is 0 Å². The highest BCUT2D eigenvalue weighted by Crippen LogP contribution is 2.39. The Morgan fingerprint density at radius 3 is 2.76 bits per heavy atom. The van der Waals surface area contributed by atoms with E-state index in [1.165, 1.54) is 16.2 Å². The van der Waals surface area contributed by atoms with Crippen molar-refractivity contribution >= 4 is 28.2 Å². The first-order valence-corrected chi connectivity index (χ1v) is 8.52. The first kappa shape index (κ1) is 16.0. The van der Waals surface area contributed by atoms with Crippen LogP contribution >= 0.6 is 11.3 Å². The lowest BCUT2D eigenvalue weighted by Gasteiger charge is -2.12. The van der Waals surface area contributed by atoms with Gasteiger partial charge in [0.2, 0.25) is 5.91 Å². The number of nitrogens with one attached hydrogen (secondary N) is 1. The van der Waals surface area contributed by atoms with Crippen molar-refractivity contribution < 1.29 is 14.3 Å². The maximum atomic E-state index is 12.2. The molecule has 0 saturated heterocycles. The molecule has 1 atom stereocenters. The third-order valence-electron chi connectivity index (χ3n) is 3.81. The number of rotatable bonds is 6. The van der Waals surface area contributed by atoms with Gasteiger partial charge in [0.15, 0.2) is 0 Å². The van der Waals surface area contributed by atoms with E-state index in [0.29, 0.717) is 17.2 Å². The second-order valence-corrected chi connectivity index (χ2v) is 6.57. The summed E-state index contributed by atoms with van der Waals surface area (Å²) in [7, 11) is 0. The number of carbonyl (C=O) groups is 2. The maximum absolute atomic E-state index is 12.2. The zero-order chi connectivity index (χ0) is 15.4. The van der Waals surface area contributed by atoms with Gasteiger partial charge < -0.3 is 10.1 Å². The highest BCUT2D eigenvalue weighted by atomic mass is 32.1.